The second-order valence-corrected chi connectivity index (χ2v) is 4.84. The molecule has 0 aliphatic heterocycles. The van der Waals surface area contributed by atoms with E-state index < -0.39 is 0 Å². The fraction of sp³-hybridized carbons (Fsp3) is 1.00. The standard InChI is InChI=1S/C13H27NO/c1-4-14-13-9-7-5-6-8-12(13)10-11(2)15-3/h11-14H,4-10H2,1-3H3. The predicted molar refractivity (Wildman–Crippen MR) is 65.1 cm³/mol. The van der Waals surface area contributed by atoms with Gasteiger partial charge in [-0.15, -0.1) is 0 Å². The van der Waals surface area contributed by atoms with Gasteiger partial charge in [0.1, 0.15) is 0 Å². The van der Waals surface area contributed by atoms with E-state index in [4.69, 9.17) is 4.74 Å². The Hall–Kier alpha value is -0.0800. The molecule has 1 aliphatic rings. The van der Waals surface area contributed by atoms with Gasteiger partial charge in [0.25, 0.3) is 0 Å². The molecule has 90 valence electrons. The fourth-order valence-electron chi connectivity index (χ4n) is 2.72. The van der Waals surface area contributed by atoms with Gasteiger partial charge in [0.15, 0.2) is 0 Å². The zero-order chi connectivity index (χ0) is 11.1. The molecule has 0 aromatic heterocycles. The third-order valence-electron chi connectivity index (χ3n) is 3.66. The Bertz CT molecular complexity index is 161. The van der Waals surface area contributed by atoms with E-state index in [2.05, 4.69) is 19.2 Å². The van der Waals surface area contributed by atoms with Crippen molar-refractivity contribution in [3.63, 3.8) is 0 Å². The van der Waals surface area contributed by atoms with Crippen LogP contribution in [0.2, 0.25) is 0 Å². The lowest BCUT2D eigenvalue weighted by Gasteiger charge is -2.27. The van der Waals surface area contributed by atoms with Crippen LogP contribution < -0.4 is 5.32 Å². The van der Waals surface area contributed by atoms with Gasteiger partial charge in [0, 0.05) is 13.2 Å². The summed E-state index contributed by atoms with van der Waals surface area (Å²) in [4.78, 5) is 0. The molecule has 15 heavy (non-hydrogen) atoms. The Morgan fingerprint density at radius 2 is 2.00 bits per heavy atom. The summed E-state index contributed by atoms with van der Waals surface area (Å²) in [5.74, 6) is 0.822. The Morgan fingerprint density at radius 1 is 1.27 bits per heavy atom. The van der Waals surface area contributed by atoms with Crippen LogP contribution >= 0.6 is 0 Å². The van der Waals surface area contributed by atoms with Gasteiger partial charge in [-0.1, -0.05) is 26.2 Å². The minimum absolute atomic E-state index is 0.411. The Labute approximate surface area is 94.8 Å². The molecule has 0 aromatic carbocycles. The van der Waals surface area contributed by atoms with Crippen LogP contribution in [-0.2, 0) is 4.74 Å². The summed E-state index contributed by atoms with van der Waals surface area (Å²) in [6, 6.07) is 0.732. The predicted octanol–water partition coefficient (Wildman–Crippen LogP) is 2.97. The van der Waals surface area contributed by atoms with Crippen molar-refractivity contribution in [2.75, 3.05) is 13.7 Å². The topological polar surface area (TPSA) is 21.3 Å². The van der Waals surface area contributed by atoms with Gasteiger partial charge in [-0.25, -0.2) is 0 Å². The molecule has 0 amide bonds. The molecule has 3 unspecified atom stereocenters. The van der Waals surface area contributed by atoms with E-state index in [0.29, 0.717) is 6.10 Å². The normalized spacial score (nSPS) is 29.8. The lowest BCUT2D eigenvalue weighted by atomic mass is 9.89. The molecule has 3 atom stereocenters. The first-order valence-corrected chi connectivity index (χ1v) is 6.54. The fourth-order valence-corrected chi connectivity index (χ4v) is 2.72. The molecular formula is C13H27NO. The minimum atomic E-state index is 0.411. The highest BCUT2D eigenvalue weighted by Crippen LogP contribution is 2.27. The summed E-state index contributed by atoms with van der Waals surface area (Å²) in [6.07, 6.45) is 8.58. The molecule has 0 aromatic rings. The van der Waals surface area contributed by atoms with Gasteiger partial charge in [0.05, 0.1) is 6.10 Å². The molecule has 0 bridgehead atoms. The van der Waals surface area contributed by atoms with Crippen LogP contribution in [0.3, 0.4) is 0 Å². The van der Waals surface area contributed by atoms with E-state index >= 15 is 0 Å². The van der Waals surface area contributed by atoms with Crippen LogP contribution in [0.4, 0.5) is 0 Å². The Kier molecular flexibility index (Phi) is 6.26. The van der Waals surface area contributed by atoms with E-state index in [-0.39, 0.29) is 0 Å². The van der Waals surface area contributed by atoms with Crippen LogP contribution in [0.25, 0.3) is 0 Å². The molecule has 0 heterocycles. The molecular weight excluding hydrogens is 186 g/mol. The number of methoxy groups -OCH3 is 1. The number of hydrogen-bond donors (Lipinski definition) is 1. The van der Waals surface area contributed by atoms with Crippen LogP contribution in [0, 0.1) is 5.92 Å². The Morgan fingerprint density at radius 3 is 2.67 bits per heavy atom. The molecule has 1 fully saturated rings. The zero-order valence-corrected chi connectivity index (χ0v) is 10.6. The highest BCUT2D eigenvalue weighted by molar-refractivity contribution is 4.80. The second-order valence-electron chi connectivity index (χ2n) is 4.84. The van der Waals surface area contributed by atoms with Crippen molar-refractivity contribution in [2.24, 2.45) is 5.92 Å². The zero-order valence-electron chi connectivity index (χ0n) is 10.6. The largest absolute Gasteiger partial charge is 0.382 e. The molecule has 0 radical (unpaired) electrons. The van der Waals surface area contributed by atoms with Crippen LogP contribution in [0.15, 0.2) is 0 Å². The summed E-state index contributed by atoms with van der Waals surface area (Å²) in [5, 5.41) is 3.65. The third-order valence-corrected chi connectivity index (χ3v) is 3.66. The van der Waals surface area contributed by atoms with Crippen LogP contribution in [-0.4, -0.2) is 25.8 Å². The quantitative estimate of drug-likeness (QED) is 0.709. The van der Waals surface area contributed by atoms with Gasteiger partial charge in [-0.2, -0.15) is 0 Å². The maximum absolute atomic E-state index is 5.39. The number of nitrogens with one attached hydrogen (secondary N) is 1. The van der Waals surface area contributed by atoms with Crippen molar-refractivity contribution in [2.45, 2.75) is 64.5 Å². The maximum Gasteiger partial charge on any atom is 0.0546 e. The molecule has 1 N–H and O–H groups in total. The van der Waals surface area contributed by atoms with Crippen molar-refractivity contribution in [3.8, 4) is 0 Å². The van der Waals surface area contributed by atoms with Gasteiger partial charge >= 0.3 is 0 Å². The molecule has 1 aliphatic carbocycles. The molecule has 1 saturated carbocycles. The third kappa shape index (κ3) is 4.52. The van der Waals surface area contributed by atoms with Crippen molar-refractivity contribution >= 4 is 0 Å². The smallest absolute Gasteiger partial charge is 0.0546 e. The first kappa shape index (κ1) is 13.0. The highest BCUT2D eigenvalue weighted by atomic mass is 16.5. The average Bonchev–Trinajstić information content (AvgIpc) is 2.45. The van der Waals surface area contributed by atoms with Crippen molar-refractivity contribution in [1.82, 2.24) is 5.32 Å². The molecule has 1 rings (SSSR count). The van der Waals surface area contributed by atoms with Crippen LogP contribution in [0.1, 0.15) is 52.4 Å². The number of rotatable bonds is 5. The lowest BCUT2D eigenvalue weighted by molar-refractivity contribution is 0.0860. The first-order valence-electron chi connectivity index (χ1n) is 6.54. The van der Waals surface area contributed by atoms with Crippen molar-refractivity contribution < 1.29 is 4.74 Å². The van der Waals surface area contributed by atoms with Gasteiger partial charge in [-0.05, 0) is 38.6 Å². The average molecular weight is 213 g/mol. The van der Waals surface area contributed by atoms with Crippen LogP contribution in [0.5, 0.6) is 0 Å². The van der Waals surface area contributed by atoms with Gasteiger partial charge in [0.2, 0.25) is 0 Å². The van der Waals surface area contributed by atoms with E-state index in [1.807, 2.05) is 7.11 Å². The maximum atomic E-state index is 5.39. The number of ether oxygens (including phenoxy) is 1. The summed E-state index contributed by atoms with van der Waals surface area (Å²) in [5.41, 5.74) is 0. The molecule has 2 nitrogen and oxygen atoms in total. The Balaban J connectivity index is 2.45. The second kappa shape index (κ2) is 7.24. The summed E-state index contributed by atoms with van der Waals surface area (Å²) in [6.45, 7) is 5.50. The highest BCUT2D eigenvalue weighted by Gasteiger charge is 2.24. The van der Waals surface area contributed by atoms with E-state index in [0.717, 1.165) is 18.5 Å². The lowest BCUT2D eigenvalue weighted by Crippen LogP contribution is -2.37. The number of hydrogen-bond acceptors (Lipinski definition) is 2. The molecule has 2 heteroatoms. The summed E-state index contributed by atoms with van der Waals surface area (Å²) in [7, 11) is 1.82. The van der Waals surface area contributed by atoms with Crippen molar-refractivity contribution in [1.29, 1.82) is 0 Å². The van der Waals surface area contributed by atoms with Crippen molar-refractivity contribution in [3.05, 3.63) is 0 Å². The minimum Gasteiger partial charge on any atom is -0.382 e. The van der Waals surface area contributed by atoms with Gasteiger partial charge < -0.3 is 10.1 Å². The monoisotopic (exact) mass is 213 g/mol. The summed E-state index contributed by atoms with van der Waals surface area (Å²) < 4.78 is 5.39. The SMILES string of the molecule is CCNC1CCCCCC1CC(C)OC. The molecule has 0 saturated heterocycles. The first-order chi connectivity index (χ1) is 7.27. The van der Waals surface area contributed by atoms with E-state index in [1.165, 1.54) is 38.5 Å². The summed E-state index contributed by atoms with van der Waals surface area (Å²) >= 11 is 0. The van der Waals surface area contributed by atoms with E-state index in [9.17, 15) is 0 Å². The van der Waals surface area contributed by atoms with Gasteiger partial charge in [-0.3, -0.25) is 0 Å². The molecule has 0 spiro atoms. The van der Waals surface area contributed by atoms with E-state index in [1.54, 1.807) is 0 Å².